The highest BCUT2D eigenvalue weighted by Crippen LogP contribution is 2.53. The highest BCUT2D eigenvalue weighted by Gasteiger charge is 2.56. The molecule has 0 radical (unpaired) electrons. The van der Waals surface area contributed by atoms with Gasteiger partial charge in [0.25, 0.3) is 10.0 Å². The number of benzene rings is 2. The minimum Gasteiger partial charge on any atom is -0.359 e. The second kappa shape index (κ2) is 7.84. The van der Waals surface area contributed by atoms with Crippen LogP contribution in [0.25, 0.3) is 10.9 Å². The van der Waals surface area contributed by atoms with Crippen molar-refractivity contribution in [3.05, 3.63) is 71.7 Å². The third-order valence-corrected chi connectivity index (χ3v) is 8.46. The molecule has 1 atom stereocenters. The summed E-state index contributed by atoms with van der Waals surface area (Å²) in [6, 6.07) is 14.9. The fourth-order valence-corrected chi connectivity index (χ4v) is 6.80. The molecule has 0 bridgehead atoms. The number of hydrogen-bond donors (Lipinski definition) is 1. The average molecular weight is 452 g/mol. The van der Waals surface area contributed by atoms with Gasteiger partial charge in [0.2, 0.25) is 0 Å². The number of nitriles is 1. The summed E-state index contributed by atoms with van der Waals surface area (Å²) in [6.45, 7) is 0.421. The number of anilines is 1. The van der Waals surface area contributed by atoms with Crippen LogP contribution in [0, 0.1) is 22.6 Å². The third kappa shape index (κ3) is 3.61. The quantitative estimate of drug-likeness (QED) is 0.621. The van der Waals surface area contributed by atoms with Crippen molar-refractivity contribution in [1.29, 1.82) is 5.26 Å². The Kier molecular flexibility index (Phi) is 5.11. The van der Waals surface area contributed by atoms with E-state index < -0.39 is 20.9 Å². The van der Waals surface area contributed by atoms with Gasteiger partial charge in [0.05, 0.1) is 23.8 Å². The summed E-state index contributed by atoms with van der Waals surface area (Å²) >= 11 is 0. The highest BCUT2D eigenvalue weighted by molar-refractivity contribution is 7.93. The number of nitrogens with zero attached hydrogens (tertiary/aromatic N) is 2. The molecule has 2 aliphatic rings. The lowest BCUT2D eigenvalue weighted by Crippen LogP contribution is -2.58. The third-order valence-electron chi connectivity index (χ3n) is 6.74. The smallest absolute Gasteiger partial charge is 0.260 e. The normalized spacial score (nSPS) is 25.2. The van der Waals surface area contributed by atoms with Crippen LogP contribution in [-0.4, -0.2) is 25.4 Å². The van der Waals surface area contributed by atoms with E-state index in [1.807, 2.05) is 12.1 Å². The van der Waals surface area contributed by atoms with Gasteiger partial charge in [0, 0.05) is 22.7 Å². The summed E-state index contributed by atoms with van der Waals surface area (Å²) in [5.41, 5.74) is 1.39. The van der Waals surface area contributed by atoms with E-state index in [1.54, 1.807) is 36.5 Å². The fraction of sp³-hybridized carbons (Fsp3) is 0.333. The molecule has 6 nitrogen and oxygen atoms in total. The van der Waals surface area contributed by atoms with E-state index in [1.165, 1.54) is 12.1 Å². The Labute approximate surface area is 186 Å². The molecule has 1 aliphatic heterocycles. The number of halogens is 1. The number of rotatable bonds is 4. The summed E-state index contributed by atoms with van der Waals surface area (Å²) in [6.07, 6.45) is 4.80. The monoisotopic (exact) mass is 451 g/mol. The van der Waals surface area contributed by atoms with Gasteiger partial charge in [-0.15, -0.1) is 0 Å². The zero-order valence-corrected chi connectivity index (χ0v) is 18.1. The van der Waals surface area contributed by atoms with E-state index in [2.05, 4.69) is 9.71 Å². The molecule has 164 valence electrons. The number of fused-ring (bicyclic) bond motifs is 1. The van der Waals surface area contributed by atoms with Crippen LogP contribution in [0.2, 0.25) is 0 Å². The maximum Gasteiger partial charge on any atom is 0.260 e. The number of sulfonamides is 1. The molecule has 2 heterocycles. The van der Waals surface area contributed by atoms with Crippen molar-refractivity contribution in [3.8, 4) is 6.07 Å². The standard InChI is InChI=1S/C24H22FN3O3S/c25-18-3-6-22-21(13-18)20(9-12-27-22)17-7-10-24(11-8-17)15-31-23(24)32(29,30)28-19-4-1-16(14-26)2-5-19/h1-6,9,12-13,17,23,28H,7-8,10-11,15H2. The van der Waals surface area contributed by atoms with Gasteiger partial charge < -0.3 is 4.74 Å². The molecule has 1 N–H and O–H groups in total. The van der Waals surface area contributed by atoms with E-state index in [0.717, 1.165) is 42.1 Å². The predicted molar refractivity (Wildman–Crippen MR) is 119 cm³/mol. The van der Waals surface area contributed by atoms with Crippen LogP contribution < -0.4 is 4.72 Å². The molecule has 5 rings (SSSR count). The van der Waals surface area contributed by atoms with Gasteiger partial charge in [-0.05, 0) is 85.7 Å². The Morgan fingerprint density at radius 3 is 2.53 bits per heavy atom. The lowest BCUT2D eigenvalue weighted by Gasteiger charge is -2.51. The molecular weight excluding hydrogens is 429 g/mol. The van der Waals surface area contributed by atoms with Gasteiger partial charge >= 0.3 is 0 Å². The first-order valence-corrected chi connectivity index (χ1v) is 12.1. The van der Waals surface area contributed by atoms with E-state index in [4.69, 9.17) is 10.00 Å². The molecular formula is C24H22FN3O3S. The lowest BCUT2D eigenvalue weighted by molar-refractivity contribution is -0.159. The molecule has 1 spiro atoms. The molecule has 2 aromatic carbocycles. The first-order chi connectivity index (χ1) is 15.4. The van der Waals surface area contributed by atoms with Crippen molar-refractivity contribution in [2.45, 2.75) is 37.0 Å². The van der Waals surface area contributed by atoms with Gasteiger partial charge in [-0.3, -0.25) is 9.71 Å². The zero-order valence-electron chi connectivity index (χ0n) is 17.3. The van der Waals surface area contributed by atoms with Crippen LogP contribution in [0.5, 0.6) is 0 Å². The number of hydrogen-bond acceptors (Lipinski definition) is 5. The number of nitrogens with one attached hydrogen (secondary N) is 1. The SMILES string of the molecule is N#Cc1ccc(NS(=O)(=O)C2OCC23CCC(c2ccnc4ccc(F)cc24)CC3)cc1. The molecule has 1 saturated carbocycles. The summed E-state index contributed by atoms with van der Waals surface area (Å²) in [5.74, 6) is -0.0604. The van der Waals surface area contributed by atoms with Crippen molar-refractivity contribution in [1.82, 2.24) is 4.98 Å². The van der Waals surface area contributed by atoms with Crippen molar-refractivity contribution in [3.63, 3.8) is 0 Å². The maximum atomic E-state index is 13.8. The molecule has 0 amide bonds. The number of aromatic nitrogens is 1. The van der Waals surface area contributed by atoms with Gasteiger partial charge in [-0.2, -0.15) is 5.26 Å². The topological polar surface area (TPSA) is 92.1 Å². The minimum atomic E-state index is -3.74. The van der Waals surface area contributed by atoms with Crippen molar-refractivity contribution >= 4 is 26.6 Å². The van der Waals surface area contributed by atoms with Gasteiger partial charge in [-0.1, -0.05) is 0 Å². The summed E-state index contributed by atoms with van der Waals surface area (Å²) in [7, 11) is -3.74. The van der Waals surface area contributed by atoms with Crippen molar-refractivity contribution < 1.29 is 17.5 Å². The van der Waals surface area contributed by atoms with E-state index >= 15 is 0 Å². The average Bonchev–Trinajstić information content (AvgIpc) is 2.78. The Hall–Kier alpha value is -3.02. The Morgan fingerprint density at radius 1 is 1.12 bits per heavy atom. The first-order valence-electron chi connectivity index (χ1n) is 10.6. The summed E-state index contributed by atoms with van der Waals surface area (Å²) < 4.78 is 48.1. The molecule has 32 heavy (non-hydrogen) atoms. The van der Waals surface area contributed by atoms with E-state index in [-0.39, 0.29) is 11.7 Å². The maximum absolute atomic E-state index is 13.8. The molecule has 3 aromatic rings. The Bertz CT molecular complexity index is 1310. The molecule has 1 aromatic heterocycles. The lowest BCUT2D eigenvalue weighted by atomic mass is 9.67. The minimum absolute atomic E-state index is 0.225. The van der Waals surface area contributed by atoms with Gasteiger partial charge in [-0.25, -0.2) is 12.8 Å². The molecule has 2 fully saturated rings. The van der Waals surface area contributed by atoms with E-state index in [0.29, 0.717) is 17.9 Å². The van der Waals surface area contributed by atoms with Crippen LogP contribution in [0.4, 0.5) is 10.1 Å². The molecule has 1 aliphatic carbocycles. The van der Waals surface area contributed by atoms with Crippen LogP contribution in [0.3, 0.4) is 0 Å². The second-order valence-corrected chi connectivity index (χ2v) is 10.4. The summed E-state index contributed by atoms with van der Waals surface area (Å²) in [5, 5.41) is 9.73. The number of pyridine rings is 1. The highest BCUT2D eigenvalue weighted by atomic mass is 32.2. The number of ether oxygens (including phenoxy) is 1. The summed E-state index contributed by atoms with van der Waals surface area (Å²) in [4.78, 5) is 4.34. The molecule has 1 saturated heterocycles. The van der Waals surface area contributed by atoms with Gasteiger partial charge in [0.1, 0.15) is 5.82 Å². The van der Waals surface area contributed by atoms with Crippen LogP contribution >= 0.6 is 0 Å². The second-order valence-electron chi connectivity index (χ2n) is 8.68. The van der Waals surface area contributed by atoms with E-state index in [9.17, 15) is 12.8 Å². The van der Waals surface area contributed by atoms with Gasteiger partial charge in [0.15, 0.2) is 5.44 Å². The first kappa shape index (κ1) is 20.9. The van der Waals surface area contributed by atoms with Crippen LogP contribution in [0.15, 0.2) is 54.7 Å². The van der Waals surface area contributed by atoms with Crippen molar-refractivity contribution in [2.75, 3.05) is 11.3 Å². The fourth-order valence-electron chi connectivity index (χ4n) is 5.02. The Balaban J connectivity index is 1.32. The van der Waals surface area contributed by atoms with Crippen LogP contribution in [-0.2, 0) is 14.8 Å². The van der Waals surface area contributed by atoms with Crippen LogP contribution in [0.1, 0.15) is 42.7 Å². The zero-order chi connectivity index (χ0) is 22.3. The molecule has 8 heteroatoms. The predicted octanol–water partition coefficient (Wildman–Crippen LogP) is 4.69. The largest absolute Gasteiger partial charge is 0.359 e. The molecule has 1 unspecified atom stereocenters. The Morgan fingerprint density at radius 2 is 1.88 bits per heavy atom. The van der Waals surface area contributed by atoms with Crippen molar-refractivity contribution in [2.24, 2.45) is 5.41 Å².